The number of anilines is 1. The summed E-state index contributed by atoms with van der Waals surface area (Å²) in [6.45, 7) is 3.99. The second-order valence-electron chi connectivity index (χ2n) is 9.69. The number of aromatic nitrogens is 4. The van der Waals surface area contributed by atoms with E-state index in [2.05, 4.69) is 44.7 Å². The summed E-state index contributed by atoms with van der Waals surface area (Å²) in [4.78, 5) is 19.3. The molecule has 9 heteroatoms. The molecule has 33 heavy (non-hydrogen) atoms. The predicted molar refractivity (Wildman–Crippen MR) is 127 cm³/mol. The summed E-state index contributed by atoms with van der Waals surface area (Å²) in [6.07, 6.45) is 6.95. The molecule has 1 saturated heterocycles. The number of nitrogens with one attached hydrogen (secondary N) is 2. The van der Waals surface area contributed by atoms with Crippen LogP contribution in [0.4, 0.5) is 5.82 Å². The highest BCUT2D eigenvalue weighted by molar-refractivity contribution is 5.92. The average molecular weight is 452 g/mol. The molecule has 0 unspecified atom stereocenters. The Balaban J connectivity index is 1.07. The van der Waals surface area contributed by atoms with Crippen molar-refractivity contribution in [1.29, 1.82) is 0 Å². The van der Waals surface area contributed by atoms with Crippen LogP contribution in [0.2, 0.25) is 0 Å². The molecule has 2 fully saturated rings. The van der Waals surface area contributed by atoms with Crippen molar-refractivity contribution in [2.24, 2.45) is 14.1 Å². The molecule has 1 amide bonds. The highest BCUT2D eigenvalue weighted by atomic mass is 16.3. The Hall–Kier alpha value is -2.91. The van der Waals surface area contributed by atoms with Crippen LogP contribution in [0.5, 0.6) is 0 Å². The fourth-order valence-electron chi connectivity index (χ4n) is 5.34. The smallest absolute Gasteiger partial charge is 0.239 e. The minimum Gasteiger partial charge on any atom is -0.382 e. The minimum atomic E-state index is -0.826. The van der Waals surface area contributed by atoms with Crippen LogP contribution in [0.1, 0.15) is 37.1 Å². The molecule has 176 valence electrons. The number of nitrogens with zero attached hydrogens (tertiary/aromatic N) is 5. The number of rotatable bonds is 6. The van der Waals surface area contributed by atoms with Crippen molar-refractivity contribution in [2.75, 3.05) is 25.0 Å². The quantitative estimate of drug-likeness (QED) is 0.527. The van der Waals surface area contributed by atoms with Crippen LogP contribution in [0.25, 0.3) is 10.9 Å². The molecule has 1 aliphatic heterocycles. The lowest BCUT2D eigenvalue weighted by Crippen LogP contribution is -2.63. The van der Waals surface area contributed by atoms with E-state index in [9.17, 15) is 9.90 Å². The molecule has 1 aliphatic carbocycles. The second kappa shape index (κ2) is 8.46. The molecule has 9 nitrogen and oxygen atoms in total. The Bertz CT molecular complexity index is 1150. The van der Waals surface area contributed by atoms with Gasteiger partial charge in [-0.25, -0.2) is 4.98 Å². The lowest BCUT2D eigenvalue weighted by atomic mass is 9.80. The van der Waals surface area contributed by atoms with Gasteiger partial charge in [-0.2, -0.15) is 5.10 Å². The lowest BCUT2D eigenvalue weighted by molar-refractivity contribution is -0.121. The normalized spacial score (nSPS) is 24.1. The minimum absolute atomic E-state index is 0.0149. The van der Waals surface area contributed by atoms with E-state index in [0.717, 1.165) is 61.3 Å². The zero-order valence-electron chi connectivity index (χ0n) is 19.6. The molecule has 3 N–H and O–H groups in total. The van der Waals surface area contributed by atoms with Gasteiger partial charge in [-0.1, -0.05) is 11.6 Å². The Morgan fingerprint density at radius 3 is 2.70 bits per heavy atom. The van der Waals surface area contributed by atoms with E-state index in [1.165, 1.54) is 5.56 Å². The number of imidazole rings is 1. The number of aryl methyl sites for hydroxylation is 3. The Labute approximate surface area is 193 Å². The second-order valence-corrected chi connectivity index (χ2v) is 9.69. The molecule has 2 aromatic heterocycles. The third-order valence-electron chi connectivity index (χ3n) is 7.23. The molecule has 2 aliphatic rings. The fraction of sp³-hybridized carbons (Fsp3) is 0.542. The van der Waals surface area contributed by atoms with Crippen molar-refractivity contribution in [1.82, 2.24) is 29.5 Å². The zero-order valence-corrected chi connectivity index (χ0v) is 19.6. The Morgan fingerprint density at radius 1 is 1.24 bits per heavy atom. The topological polar surface area (TPSA) is 100 Å². The molecule has 1 aromatic carbocycles. The van der Waals surface area contributed by atoms with Crippen molar-refractivity contribution in [3.63, 3.8) is 0 Å². The number of fused-ring (bicyclic) bond motifs is 1. The van der Waals surface area contributed by atoms with Crippen molar-refractivity contribution in [2.45, 2.75) is 50.3 Å². The van der Waals surface area contributed by atoms with Gasteiger partial charge in [0.2, 0.25) is 5.91 Å². The largest absolute Gasteiger partial charge is 0.382 e. The third kappa shape index (κ3) is 4.22. The van der Waals surface area contributed by atoms with Crippen LogP contribution in [-0.4, -0.2) is 67.0 Å². The summed E-state index contributed by atoms with van der Waals surface area (Å²) in [5, 5.41) is 22.9. The molecular weight excluding hydrogens is 418 g/mol. The maximum atomic E-state index is 12.5. The molecular formula is C24H33N7O2. The first-order chi connectivity index (χ1) is 15.8. The summed E-state index contributed by atoms with van der Waals surface area (Å²) >= 11 is 0. The summed E-state index contributed by atoms with van der Waals surface area (Å²) in [7, 11) is 3.84. The number of hydrogen-bond acceptors (Lipinski definition) is 6. The molecule has 1 saturated carbocycles. The molecule has 5 rings (SSSR count). The van der Waals surface area contributed by atoms with Gasteiger partial charge < -0.3 is 20.3 Å². The van der Waals surface area contributed by atoms with E-state index in [1.54, 1.807) is 6.20 Å². The van der Waals surface area contributed by atoms with Gasteiger partial charge in [-0.15, -0.1) is 0 Å². The molecule has 0 bridgehead atoms. The summed E-state index contributed by atoms with van der Waals surface area (Å²) in [6, 6.07) is 6.84. The molecule has 0 atom stereocenters. The van der Waals surface area contributed by atoms with Gasteiger partial charge in [-0.3, -0.25) is 14.4 Å². The highest BCUT2D eigenvalue weighted by Crippen LogP contribution is 2.38. The van der Waals surface area contributed by atoms with Gasteiger partial charge in [-0.05, 0) is 44.7 Å². The van der Waals surface area contributed by atoms with Crippen molar-refractivity contribution in [3.05, 3.63) is 42.0 Å². The zero-order chi connectivity index (χ0) is 23.2. The van der Waals surface area contributed by atoms with Gasteiger partial charge in [0, 0.05) is 51.0 Å². The monoisotopic (exact) mass is 451 g/mol. The number of hydrogen-bond donors (Lipinski definition) is 3. The van der Waals surface area contributed by atoms with Crippen LogP contribution in [0.15, 0.2) is 30.6 Å². The van der Waals surface area contributed by atoms with Crippen LogP contribution in [-0.2, 0) is 24.5 Å². The summed E-state index contributed by atoms with van der Waals surface area (Å²) < 4.78 is 3.75. The number of carbonyl (C=O) groups is 1. The maximum absolute atomic E-state index is 12.5. The fourth-order valence-corrected chi connectivity index (χ4v) is 5.34. The van der Waals surface area contributed by atoms with Crippen molar-refractivity contribution >= 4 is 22.6 Å². The summed E-state index contributed by atoms with van der Waals surface area (Å²) in [5.41, 5.74) is 1.38. The molecule has 0 radical (unpaired) electrons. The van der Waals surface area contributed by atoms with Crippen LogP contribution < -0.4 is 10.6 Å². The standard InChI is InChI=1S/C24H33N7O2/c1-16-4-5-20-19(12-16)22(28-30(20)3)26-13-21(32)27-17-14-31(15-17)18-6-8-24(33,9-7-18)23-25-10-11-29(23)2/h4-5,10-12,17-18,33H,6-9,13-15H2,1-3H3,(H,26,28)(H,27,32). The van der Waals surface area contributed by atoms with E-state index >= 15 is 0 Å². The van der Waals surface area contributed by atoms with Gasteiger partial charge >= 0.3 is 0 Å². The van der Waals surface area contributed by atoms with Crippen LogP contribution in [0.3, 0.4) is 0 Å². The number of amides is 1. The van der Waals surface area contributed by atoms with Crippen LogP contribution >= 0.6 is 0 Å². The Morgan fingerprint density at radius 2 is 2.00 bits per heavy atom. The third-order valence-corrected chi connectivity index (χ3v) is 7.23. The van der Waals surface area contributed by atoms with Gasteiger partial charge in [0.1, 0.15) is 11.4 Å². The van der Waals surface area contributed by atoms with Gasteiger partial charge in [0.25, 0.3) is 0 Å². The first-order valence-corrected chi connectivity index (χ1v) is 11.7. The van der Waals surface area contributed by atoms with E-state index in [1.807, 2.05) is 35.6 Å². The van der Waals surface area contributed by atoms with Gasteiger partial charge in [0.15, 0.2) is 5.82 Å². The number of benzene rings is 1. The van der Waals surface area contributed by atoms with E-state index in [0.29, 0.717) is 6.04 Å². The van der Waals surface area contributed by atoms with Crippen molar-refractivity contribution in [3.8, 4) is 0 Å². The van der Waals surface area contributed by atoms with Crippen molar-refractivity contribution < 1.29 is 9.90 Å². The SMILES string of the molecule is Cc1ccc2c(c1)c(NCC(=O)NC1CN(C3CCC(O)(c4nccn4C)CC3)C1)nn2C. The first-order valence-electron chi connectivity index (χ1n) is 11.7. The molecule has 3 aromatic rings. The number of carbonyl (C=O) groups excluding carboxylic acids is 1. The Kier molecular flexibility index (Phi) is 5.62. The predicted octanol–water partition coefficient (Wildman–Crippen LogP) is 1.66. The van der Waals surface area contributed by atoms with E-state index < -0.39 is 5.60 Å². The number of likely N-dealkylation sites (tertiary alicyclic amines) is 1. The summed E-state index contributed by atoms with van der Waals surface area (Å²) in [5.74, 6) is 1.49. The average Bonchev–Trinajstić information content (AvgIpc) is 3.33. The highest BCUT2D eigenvalue weighted by Gasteiger charge is 2.42. The van der Waals surface area contributed by atoms with E-state index in [4.69, 9.17) is 0 Å². The number of aliphatic hydroxyl groups is 1. The maximum Gasteiger partial charge on any atom is 0.239 e. The molecule has 0 spiro atoms. The lowest BCUT2D eigenvalue weighted by Gasteiger charge is -2.48. The molecule has 3 heterocycles. The first kappa shape index (κ1) is 21.9. The van der Waals surface area contributed by atoms with E-state index in [-0.39, 0.29) is 18.5 Å². The van der Waals surface area contributed by atoms with Crippen LogP contribution in [0, 0.1) is 6.92 Å². The van der Waals surface area contributed by atoms with Gasteiger partial charge in [0.05, 0.1) is 18.1 Å².